The molecule has 0 aromatic heterocycles. The maximum absolute atomic E-state index is 12.1. The lowest BCUT2D eigenvalue weighted by Crippen LogP contribution is -2.47. The molecule has 0 saturated carbocycles. The van der Waals surface area contributed by atoms with E-state index in [2.05, 4.69) is 10.6 Å². The molecule has 0 spiro atoms. The second-order valence-corrected chi connectivity index (χ2v) is 6.57. The minimum absolute atomic E-state index is 0.0473. The van der Waals surface area contributed by atoms with E-state index in [1.165, 1.54) is 0 Å². The minimum Gasteiger partial charge on any atom is -0.450 e. The van der Waals surface area contributed by atoms with Crippen molar-refractivity contribution in [2.24, 2.45) is 0 Å². The molecule has 3 amide bonds. The van der Waals surface area contributed by atoms with E-state index in [-0.39, 0.29) is 24.5 Å². The Hall–Kier alpha value is -2.28. The average molecular weight is 382 g/mol. The molecule has 1 saturated heterocycles. The van der Waals surface area contributed by atoms with Gasteiger partial charge in [0.25, 0.3) is 0 Å². The number of amides is 3. The van der Waals surface area contributed by atoms with Gasteiger partial charge in [0.2, 0.25) is 11.8 Å². The smallest absolute Gasteiger partial charge is 0.409 e. The Kier molecular flexibility index (Phi) is 7.26. The summed E-state index contributed by atoms with van der Waals surface area (Å²) in [5, 5.41) is 6.11. The molecule has 0 aliphatic carbocycles. The van der Waals surface area contributed by atoms with Gasteiger partial charge in [0.05, 0.1) is 6.61 Å². The number of anilines is 1. The van der Waals surface area contributed by atoms with Gasteiger partial charge in [0, 0.05) is 29.8 Å². The van der Waals surface area contributed by atoms with E-state index >= 15 is 0 Å². The van der Waals surface area contributed by atoms with Gasteiger partial charge in [-0.3, -0.25) is 9.59 Å². The van der Waals surface area contributed by atoms with Crippen LogP contribution in [-0.4, -0.2) is 48.5 Å². The van der Waals surface area contributed by atoms with Gasteiger partial charge in [-0.15, -0.1) is 0 Å². The Balaban J connectivity index is 1.76. The lowest BCUT2D eigenvalue weighted by atomic mass is 10.1. The summed E-state index contributed by atoms with van der Waals surface area (Å²) in [4.78, 5) is 37.4. The van der Waals surface area contributed by atoms with E-state index in [1.807, 2.05) is 0 Å². The molecular formula is C18H24ClN3O4. The highest BCUT2D eigenvalue weighted by atomic mass is 35.5. The predicted octanol–water partition coefficient (Wildman–Crippen LogP) is 2.71. The molecular weight excluding hydrogens is 358 g/mol. The number of piperidine rings is 1. The predicted molar refractivity (Wildman–Crippen MR) is 99.2 cm³/mol. The molecule has 2 rings (SSSR count). The fourth-order valence-corrected chi connectivity index (χ4v) is 2.96. The van der Waals surface area contributed by atoms with E-state index in [9.17, 15) is 14.4 Å². The molecule has 7 nitrogen and oxygen atoms in total. The molecule has 0 unspecified atom stereocenters. The lowest BCUT2D eigenvalue weighted by Gasteiger charge is -2.31. The maximum atomic E-state index is 12.1. The van der Waals surface area contributed by atoms with E-state index in [4.69, 9.17) is 16.3 Å². The van der Waals surface area contributed by atoms with Crippen LogP contribution >= 0.6 is 11.6 Å². The number of benzene rings is 1. The van der Waals surface area contributed by atoms with E-state index in [0.29, 0.717) is 43.2 Å². The van der Waals surface area contributed by atoms with E-state index in [0.717, 1.165) is 5.56 Å². The van der Waals surface area contributed by atoms with Crippen LogP contribution in [0.5, 0.6) is 0 Å². The summed E-state index contributed by atoms with van der Waals surface area (Å²) < 4.78 is 4.96. The highest BCUT2D eigenvalue weighted by molar-refractivity contribution is 6.31. The Labute approximate surface area is 158 Å². The minimum atomic E-state index is -0.392. The Morgan fingerprint density at radius 1 is 1.23 bits per heavy atom. The van der Waals surface area contributed by atoms with Gasteiger partial charge in [-0.1, -0.05) is 17.7 Å². The van der Waals surface area contributed by atoms with E-state index in [1.54, 1.807) is 36.9 Å². The highest BCUT2D eigenvalue weighted by Gasteiger charge is 2.25. The molecule has 0 bridgehead atoms. The number of ether oxygens (including phenoxy) is 1. The van der Waals surface area contributed by atoms with Crippen LogP contribution in [0.3, 0.4) is 0 Å². The normalized spacial score (nSPS) is 14.7. The van der Waals surface area contributed by atoms with Crippen LogP contribution in [0.15, 0.2) is 18.2 Å². The first kappa shape index (κ1) is 20.0. The van der Waals surface area contributed by atoms with E-state index < -0.39 is 5.91 Å². The van der Waals surface area contributed by atoms with Crippen LogP contribution in [0.2, 0.25) is 5.02 Å². The fourth-order valence-electron chi connectivity index (χ4n) is 2.78. The zero-order valence-corrected chi connectivity index (χ0v) is 15.8. The van der Waals surface area contributed by atoms with Crippen molar-refractivity contribution >= 4 is 35.2 Å². The number of halogens is 1. The van der Waals surface area contributed by atoms with Crippen LogP contribution < -0.4 is 10.6 Å². The monoisotopic (exact) mass is 381 g/mol. The van der Waals surface area contributed by atoms with Gasteiger partial charge >= 0.3 is 6.09 Å². The van der Waals surface area contributed by atoms with Gasteiger partial charge in [-0.25, -0.2) is 4.79 Å². The first-order valence-electron chi connectivity index (χ1n) is 8.66. The summed E-state index contributed by atoms with van der Waals surface area (Å²) in [7, 11) is 0. The van der Waals surface area contributed by atoms with Crippen molar-refractivity contribution in [3.63, 3.8) is 0 Å². The number of hydrogen-bond donors (Lipinski definition) is 2. The first-order valence-corrected chi connectivity index (χ1v) is 9.04. The highest BCUT2D eigenvalue weighted by Crippen LogP contribution is 2.23. The number of hydrogen-bond acceptors (Lipinski definition) is 4. The quantitative estimate of drug-likeness (QED) is 0.767. The van der Waals surface area contributed by atoms with Crippen molar-refractivity contribution in [1.29, 1.82) is 0 Å². The molecule has 1 aromatic carbocycles. The van der Waals surface area contributed by atoms with Crippen LogP contribution in [0.1, 0.15) is 31.7 Å². The van der Waals surface area contributed by atoms with Crippen molar-refractivity contribution < 1.29 is 19.1 Å². The molecule has 1 aliphatic heterocycles. The lowest BCUT2D eigenvalue weighted by molar-refractivity contribution is -0.127. The molecule has 26 heavy (non-hydrogen) atoms. The van der Waals surface area contributed by atoms with Crippen molar-refractivity contribution in [3.05, 3.63) is 28.8 Å². The number of rotatable bonds is 5. The number of carbonyl (C=O) groups is 3. The Morgan fingerprint density at radius 3 is 2.58 bits per heavy atom. The molecule has 1 heterocycles. The molecule has 142 valence electrons. The fraction of sp³-hybridized carbons (Fsp3) is 0.500. The Bertz CT molecular complexity index is 672. The molecule has 0 atom stereocenters. The van der Waals surface area contributed by atoms with Gasteiger partial charge in [-0.2, -0.15) is 0 Å². The number of likely N-dealkylation sites (tertiary alicyclic amines) is 1. The summed E-state index contributed by atoms with van der Waals surface area (Å²) in [6.45, 7) is 4.96. The summed E-state index contributed by atoms with van der Waals surface area (Å²) in [5.41, 5.74) is 1.35. The molecule has 1 aromatic rings. The zero-order chi connectivity index (χ0) is 19.1. The average Bonchev–Trinajstić information content (AvgIpc) is 2.59. The maximum Gasteiger partial charge on any atom is 0.409 e. The molecule has 8 heteroatoms. The third-order valence-electron chi connectivity index (χ3n) is 4.25. The van der Waals surface area contributed by atoms with Crippen LogP contribution in [0, 0.1) is 6.92 Å². The topological polar surface area (TPSA) is 87.7 Å². The largest absolute Gasteiger partial charge is 0.450 e. The van der Waals surface area contributed by atoms with Crippen LogP contribution in [-0.2, 0) is 14.3 Å². The van der Waals surface area contributed by atoms with Crippen molar-refractivity contribution in [2.75, 3.05) is 25.0 Å². The van der Waals surface area contributed by atoms with Crippen molar-refractivity contribution in [3.8, 4) is 0 Å². The second-order valence-electron chi connectivity index (χ2n) is 6.17. The van der Waals surface area contributed by atoms with Gasteiger partial charge < -0.3 is 20.3 Å². The Morgan fingerprint density at radius 2 is 1.92 bits per heavy atom. The summed E-state index contributed by atoms with van der Waals surface area (Å²) in [6, 6.07) is 5.17. The number of nitrogens with one attached hydrogen (secondary N) is 2. The van der Waals surface area contributed by atoms with Crippen LogP contribution in [0.4, 0.5) is 10.5 Å². The number of nitrogens with zero attached hydrogens (tertiary/aromatic N) is 1. The third-order valence-corrected chi connectivity index (χ3v) is 4.66. The molecule has 1 fully saturated rings. The standard InChI is InChI=1S/C18H24ClN3O4/c1-3-26-18(25)22-9-7-13(8-10-22)20-16(23)11-17(24)21-15-6-4-5-14(19)12(15)2/h4-6,13H,3,7-11H2,1-2H3,(H,20,23)(H,21,24). The number of carbonyl (C=O) groups excluding carboxylic acids is 3. The van der Waals surface area contributed by atoms with Gasteiger partial charge in [-0.05, 0) is 44.4 Å². The summed E-state index contributed by atoms with van der Waals surface area (Å²) in [5.74, 6) is -0.728. The molecule has 2 N–H and O–H groups in total. The van der Waals surface area contributed by atoms with Crippen molar-refractivity contribution in [1.82, 2.24) is 10.2 Å². The SMILES string of the molecule is CCOC(=O)N1CCC(NC(=O)CC(=O)Nc2cccc(Cl)c2C)CC1. The van der Waals surface area contributed by atoms with Gasteiger partial charge in [0.1, 0.15) is 6.42 Å². The van der Waals surface area contributed by atoms with Crippen LogP contribution in [0.25, 0.3) is 0 Å². The van der Waals surface area contributed by atoms with Gasteiger partial charge in [0.15, 0.2) is 0 Å². The second kappa shape index (κ2) is 9.43. The van der Waals surface area contributed by atoms with Crippen molar-refractivity contribution in [2.45, 2.75) is 39.2 Å². The summed E-state index contributed by atoms with van der Waals surface area (Å²) >= 11 is 6.02. The third kappa shape index (κ3) is 5.62. The first-order chi connectivity index (χ1) is 12.4. The zero-order valence-electron chi connectivity index (χ0n) is 15.0. The molecule has 0 radical (unpaired) electrons. The molecule has 1 aliphatic rings. The summed E-state index contributed by atoms with van der Waals surface area (Å²) in [6.07, 6.45) is 0.692.